The van der Waals surface area contributed by atoms with Crippen molar-refractivity contribution in [2.75, 3.05) is 32.7 Å². The molecule has 5 nitrogen and oxygen atoms in total. The largest absolute Gasteiger partial charge is 0.338 e. The van der Waals surface area contributed by atoms with E-state index in [2.05, 4.69) is 26.9 Å². The molecule has 0 saturated carbocycles. The van der Waals surface area contributed by atoms with E-state index in [4.69, 9.17) is 4.52 Å². The molecule has 1 fully saturated rings. The normalized spacial score (nSPS) is 18.2. The predicted molar refractivity (Wildman–Crippen MR) is 85.6 cm³/mol. The van der Waals surface area contributed by atoms with E-state index in [-0.39, 0.29) is 5.82 Å². The molecule has 0 radical (unpaired) electrons. The number of hydrogen-bond donors (Lipinski definition) is 0. The average molecular weight is 318 g/mol. The van der Waals surface area contributed by atoms with E-state index in [0.29, 0.717) is 17.6 Å². The van der Waals surface area contributed by atoms with Crippen LogP contribution in [0.25, 0.3) is 0 Å². The molecule has 6 heteroatoms. The monoisotopic (exact) mass is 318 g/mol. The molecule has 2 heterocycles. The minimum atomic E-state index is -0.175. The van der Waals surface area contributed by atoms with Crippen LogP contribution in [0.3, 0.4) is 0 Å². The quantitative estimate of drug-likeness (QED) is 0.847. The number of halogens is 1. The highest BCUT2D eigenvalue weighted by Gasteiger charge is 2.20. The number of aromatic nitrogens is 2. The third-order valence-electron chi connectivity index (χ3n) is 4.36. The highest BCUT2D eigenvalue weighted by Crippen LogP contribution is 2.18. The molecule has 1 aliphatic heterocycles. The van der Waals surface area contributed by atoms with Crippen LogP contribution < -0.4 is 0 Å². The van der Waals surface area contributed by atoms with Gasteiger partial charge in [0.15, 0.2) is 5.82 Å². The summed E-state index contributed by atoms with van der Waals surface area (Å²) in [7, 11) is 0. The lowest BCUT2D eigenvalue weighted by molar-refractivity contribution is 0.113. The van der Waals surface area contributed by atoms with Gasteiger partial charge in [-0.15, -0.1) is 0 Å². The Bertz CT molecular complexity index is 620. The fraction of sp³-hybridized carbons (Fsp3) is 0.529. The molecule has 3 rings (SSSR count). The fourth-order valence-electron chi connectivity index (χ4n) is 3.01. The summed E-state index contributed by atoms with van der Waals surface area (Å²) in [6.07, 6.45) is 0. The van der Waals surface area contributed by atoms with Gasteiger partial charge in [-0.1, -0.05) is 24.2 Å². The van der Waals surface area contributed by atoms with Crippen LogP contribution in [0.15, 0.2) is 28.8 Å². The summed E-state index contributed by atoms with van der Waals surface area (Å²) in [4.78, 5) is 9.06. The highest BCUT2D eigenvalue weighted by atomic mass is 19.1. The van der Waals surface area contributed by atoms with Crippen LogP contribution in [-0.4, -0.2) is 52.7 Å². The first-order chi connectivity index (χ1) is 11.1. The first-order valence-corrected chi connectivity index (χ1v) is 8.09. The summed E-state index contributed by atoms with van der Waals surface area (Å²) in [5, 5.41) is 3.83. The molecular weight excluding hydrogens is 295 g/mol. The second-order valence-corrected chi connectivity index (χ2v) is 6.26. The second-order valence-electron chi connectivity index (χ2n) is 6.26. The number of rotatable bonds is 5. The Morgan fingerprint density at radius 1 is 1.13 bits per heavy atom. The number of benzene rings is 1. The predicted octanol–water partition coefficient (Wildman–Crippen LogP) is 2.44. The molecule has 1 atom stereocenters. The zero-order valence-electron chi connectivity index (χ0n) is 13.7. The van der Waals surface area contributed by atoms with E-state index < -0.39 is 0 Å². The zero-order valence-corrected chi connectivity index (χ0v) is 13.7. The Balaban J connectivity index is 1.46. The van der Waals surface area contributed by atoms with Gasteiger partial charge in [-0.2, -0.15) is 4.98 Å². The van der Waals surface area contributed by atoms with Gasteiger partial charge < -0.3 is 9.42 Å². The summed E-state index contributed by atoms with van der Waals surface area (Å²) in [5.41, 5.74) is 1.19. The molecule has 0 amide bonds. The van der Waals surface area contributed by atoms with Crippen molar-refractivity contribution in [1.82, 2.24) is 19.9 Å². The van der Waals surface area contributed by atoms with E-state index in [1.807, 2.05) is 19.1 Å². The summed E-state index contributed by atoms with van der Waals surface area (Å²) in [6, 6.07) is 6.84. The van der Waals surface area contributed by atoms with Gasteiger partial charge in [0.1, 0.15) is 5.82 Å². The molecule has 0 spiro atoms. The van der Waals surface area contributed by atoms with E-state index in [9.17, 15) is 4.39 Å². The Morgan fingerprint density at radius 3 is 2.39 bits per heavy atom. The zero-order chi connectivity index (χ0) is 16.2. The van der Waals surface area contributed by atoms with Gasteiger partial charge in [0.2, 0.25) is 5.89 Å². The van der Waals surface area contributed by atoms with Crippen molar-refractivity contribution in [3.8, 4) is 0 Å². The van der Waals surface area contributed by atoms with Gasteiger partial charge in [-0.3, -0.25) is 4.90 Å². The van der Waals surface area contributed by atoms with E-state index in [1.165, 1.54) is 17.7 Å². The average Bonchev–Trinajstić information content (AvgIpc) is 2.95. The number of piperazine rings is 1. The van der Waals surface area contributed by atoms with Gasteiger partial charge in [0.05, 0.1) is 6.54 Å². The Labute approximate surface area is 136 Å². The van der Waals surface area contributed by atoms with Crippen molar-refractivity contribution in [1.29, 1.82) is 0 Å². The van der Waals surface area contributed by atoms with Crippen molar-refractivity contribution < 1.29 is 8.91 Å². The summed E-state index contributed by atoms with van der Waals surface area (Å²) in [6.45, 7) is 9.80. The Morgan fingerprint density at radius 2 is 1.78 bits per heavy atom. The minimum absolute atomic E-state index is 0.175. The molecule has 0 N–H and O–H groups in total. The van der Waals surface area contributed by atoms with Crippen molar-refractivity contribution in [3.63, 3.8) is 0 Å². The van der Waals surface area contributed by atoms with Gasteiger partial charge >= 0.3 is 0 Å². The fourth-order valence-corrected chi connectivity index (χ4v) is 3.01. The van der Waals surface area contributed by atoms with Crippen molar-refractivity contribution >= 4 is 0 Å². The minimum Gasteiger partial charge on any atom is -0.338 e. The number of aryl methyl sites for hydroxylation is 1. The molecule has 1 aliphatic rings. The van der Waals surface area contributed by atoms with Gasteiger partial charge in [-0.25, -0.2) is 4.39 Å². The maximum Gasteiger partial charge on any atom is 0.240 e. The molecule has 2 aromatic rings. The molecule has 0 bridgehead atoms. The van der Waals surface area contributed by atoms with E-state index in [1.54, 1.807) is 0 Å². The molecular formula is C17H23FN4O. The molecule has 0 aliphatic carbocycles. The molecule has 0 unspecified atom stereocenters. The Hall–Kier alpha value is -1.79. The first-order valence-electron chi connectivity index (χ1n) is 8.09. The lowest BCUT2D eigenvalue weighted by Gasteiger charge is -2.35. The van der Waals surface area contributed by atoms with Crippen molar-refractivity contribution in [2.24, 2.45) is 0 Å². The first kappa shape index (κ1) is 16.1. The van der Waals surface area contributed by atoms with Crippen LogP contribution in [0.5, 0.6) is 0 Å². The van der Waals surface area contributed by atoms with Crippen LogP contribution >= 0.6 is 0 Å². The molecule has 1 saturated heterocycles. The maximum absolute atomic E-state index is 13.0. The second kappa shape index (κ2) is 7.19. The van der Waals surface area contributed by atoms with Crippen LogP contribution in [0.1, 0.15) is 30.1 Å². The smallest absolute Gasteiger partial charge is 0.240 e. The maximum atomic E-state index is 13.0. The summed E-state index contributed by atoms with van der Waals surface area (Å²) >= 11 is 0. The SMILES string of the molecule is Cc1noc(CN2CCN(C[C@H](C)c3ccc(F)cc3)CC2)n1. The van der Waals surface area contributed by atoms with Crippen LogP contribution in [0, 0.1) is 12.7 Å². The lowest BCUT2D eigenvalue weighted by atomic mass is 10.0. The van der Waals surface area contributed by atoms with Crippen molar-refractivity contribution in [3.05, 3.63) is 47.4 Å². The Kier molecular flexibility index (Phi) is 5.03. The molecule has 1 aromatic heterocycles. The third-order valence-corrected chi connectivity index (χ3v) is 4.36. The third kappa shape index (κ3) is 4.36. The topological polar surface area (TPSA) is 45.4 Å². The number of nitrogens with zero attached hydrogens (tertiary/aromatic N) is 4. The van der Waals surface area contributed by atoms with Crippen molar-refractivity contribution in [2.45, 2.75) is 26.3 Å². The highest BCUT2D eigenvalue weighted by molar-refractivity contribution is 5.20. The standard InChI is InChI=1S/C17H23FN4O/c1-13(15-3-5-16(18)6-4-15)11-21-7-9-22(10-8-21)12-17-19-14(2)20-23-17/h3-6,13H,7-12H2,1-2H3/t13-/m0/s1. The van der Waals surface area contributed by atoms with E-state index >= 15 is 0 Å². The summed E-state index contributed by atoms with van der Waals surface area (Å²) < 4.78 is 18.2. The molecule has 23 heavy (non-hydrogen) atoms. The summed E-state index contributed by atoms with van der Waals surface area (Å²) in [5.74, 6) is 1.61. The van der Waals surface area contributed by atoms with Crippen LogP contribution in [0.2, 0.25) is 0 Å². The van der Waals surface area contributed by atoms with Gasteiger partial charge in [-0.05, 0) is 30.5 Å². The van der Waals surface area contributed by atoms with E-state index in [0.717, 1.165) is 39.3 Å². The van der Waals surface area contributed by atoms with Crippen LogP contribution in [-0.2, 0) is 6.54 Å². The molecule has 124 valence electrons. The van der Waals surface area contributed by atoms with Gasteiger partial charge in [0, 0.05) is 32.7 Å². The van der Waals surface area contributed by atoms with Gasteiger partial charge in [0.25, 0.3) is 0 Å². The number of hydrogen-bond acceptors (Lipinski definition) is 5. The molecule has 1 aromatic carbocycles. The lowest BCUT2D eigenvalue weighted by Crippen LogP contribution is -2.46. The van der Waals surface area contributed by atoms with Crippen LogP contribution in [0.4, 0.5) is 4.39 Å².